The number of nitrogens with zero attached hydrogens (tertiary/aromatic N) is 1. The average molecular weight is 462 g/mol. The van der Waals surface area contributed by atoms with E-state index in [4.69, 9.17) is 23.2 Å². The van der Waals surface area contributed by atoms with Crippen LogP contribution in [0.3, 0.4) is 0 Å². The van der Waals surface area contributed by atoms with E-state index in [0.29, 0.717) is 46.8 Å². The Morgan fingerprint density at radius 2 is 1.81 bits per heavy atom. The number of carbonyl (C=O) groups excluding carboxylic acids is 2. The van der Waals surface area contributed by atoms with Gasteiger partial charge in [-0.25, -0.2) is 0 Å². The highest BCUT2D eigenvalue weighted by molar-refractivity contribution is 6.35. The van der Waals surface area contributed by atoms with Crippen LogP contribution in [0.15, 0.2) is 42.5 Å². The molecule has 2 aromatic carbocycles. The van der Waals surface area contributed by atoms with Gasteiger partial charge < -0.3 is 10.6 Å². The average Bonchev–Trinajstić information content (AvgIpc) is 2.75. The Hall–Kier alpha value is -2.08. The van der Waals surface area contributed by atoms with Gasteiger partial charge in [-0.1, -0.05) is 55.2 Å². The SMILES string of the molecule is CC(C)CNC(=O)c1ccccc1NC(=O)C1CCCN(Cc2c(Cl)cccc2Cl)C1. The Bertz CT molecular complexity index is 913. The first-order valence-electron chi connectivity index (χ1n) is 10.7. The zero-order valence-corrected chi connectivity index (χ0v) is 19.5. The molecule has 0 saturated carbocycles. The highest BCUT2D eigenvalue weighted by Crippen LogP contribution is 2.28. The molecule has 0 bridgehead atoms. The second-order valence-electron chi connectivity index (χ2n) is 8.41. The standard InChI is InChI=1S/C24H29Cl2N3O2/c1-16(2)13-27-24(31)18-8-3-4-11-22(18)28-23(30)17-7-6-12-29(14-17)15-19-20(25)9-5-10-21(19)26/h3-5,8-11,16-17H,6-7,12-15H2,1-2H3,(H,27,31)(H,28,30). The summed E-state index contributed by atoms with van der Waals surface area (Å²) >= 11 is 12.6. The first-order chi connectivity index (χ1) is 14.8. The third-order valence-corrected chi connectivity index (χ3v) is 6.13. The van der Waals surface area contributed by atoms with Crippen LogP contribution in [0.25, 0.3) is 0 Å². The monoisotopic (exact) mass is 461 g/mol. The number of benzene rings is 2. The fourth-order valence-corrected chi connectivity index (χ4v) is 4.25. The number of anilines is 1. The third-order valence-electron chi connectivity index (χ3n) is 5.42. The molecule has 2 amide bonds. The van der Waals surface area contributed by atoms with Crippen molar-refractivity contribution in [1.82, 2.24) is 10.2 Å². The molecule has 1 aliphatic heterocycles. The molecular weight excluding hydrogens is 433 g/mol. The number of para-hydroxylation sites is 1. The van der Waals surface area contributed by atoms with E-state index in [1.54, 1.807) is 18.2 Å². The van der Waals surface area contributed by atoms with Crippen molar-refractivity contribution in [3.05, 3.63) is 63.6 Å². The van der Waals surface area contributed by atoms with Gasteiger partial charge in [-0.15, -0.1) is 0 Å². The summed E-state index contributed by atoms with van der Waals surface area (Å²) < 4.78 is 0. The van der Waals surface area contributed by atoms with Crippen LogP contribution in [-0.4, -0.2) is 36.3 Å². The molecule has 1 aliphatic rings. The van der Waals surface area contributed by atoms with E-state index in [2.05, 4.69) is 15.5 Å². The maximum atomic E-state index is 13.0. The Balaban J connectivity index is 1.65. The van der Waals surface area contributed by atoms with Crippen molar-refractivity contribution in [3.8, 4) is 0 Å². The summed E-state index contributed by atoms with van der Waals surface area (Å²) in [5, 5.41) is 7.17. The van der Waals surface area contributed by atoms with Crippen molar-refractivity contribution in [2.45, 2.75) is 33.2 Å². The lowest BCUT2D eigenvalue weighted by Crippen LogP contribution is -2.40. The quantitative estimate of drug-likeness (QED) is 0.593. The number of carbonyl (C=O) groups is 2. The summed E-state index contributed by atoms with van der Waals surface area (Å²) in [5.74, 6) is -0.0605. The Labute approximate surface area is 194 Å². The van der Waals surface area contributed by atoms with Gasteiger partial charge in [0.2, 0.25) is 5.91 Å². The van der Waals surface area contributed by atoms with Crippen LogP contribution in [0.4, 0.5) is 5.69 Å². The van der Waals surface area contributed by atoms with Crippen molar-refractivity contribution in [2.24, 2.45) is 11.8 Å². The van der Waals surface area contributed by atoms with Gasteiger partial charge in [-0.3, -0.25) is 14.5 Å². The highest BCUT2D eigenvalue weighted by Gasteiger charge is 2.27. The molecule has 0 aliphatic carbocycles. The molecular formula is C24H29Cl2N3O2. The van der Waals surface area contributed by atoms with Crippen molar-refractivity contribution in [2.75, 3.05) is 25.0 Å². The molecule has 166 valence electrons. The Morgan fingerprint density at radius 3 is 2.52 bits per heavy atom. The molecule has 1 atom stereocenters. The summed E-state index contributed by atoms with van der Waals surface area (Å²) in [4.78, 5) is 27.8. The molecule has 1 saturated heterocycles. The lowest BCUT2D eigenvalue weighted by Gasteiger charge is -2.32. The first kappa shape index (κ1) is 23.6. The third kappa shape index (κ3) is 6.45. The number of amides is 2. The summed E-state index contributed by atoms with van der Waals surface area (Å²) in [6.45, 7) is 6.78. The van der Waals surface area contributed by atoms with Gasteiger partial charge in [0.05, 0.1) is 17.2 Å². The maximum Gasteiger partial charge on any atom is 0.253 e. The predicted molar refractivity (Wildman–Crippen MR) is 127 cm³/mol. The van der Waals surface area contributed by atoms with Gasteiger partial charge in [-0.2, -0.15) is 0 Å². The minimum absolute atomic E-state index is 0.0703. The van der Waals surface area contributed by atoms with E-state index in [-0.39, 0.29) is 17.7 Å². The van der Waals surface area contributed by atoms with E-state index in [1.807, 2.05) is 38.1 Å². The van der Waals surface area contributed by atoms with Crippen LogP contribution in [0, 0.1) is 11.8 Å². The van der Waals surface area contributed by atoms with Gasteiger partial charge >= 0.3 is 0 Å². The molecule has 0 radical (unpaired) electrons. The first-order valence-corrected chi connectivity index (χ1v) is 11.4. The minimum Gasteiger partial charge on any atom is -0.352 e. The normalized spacial score (nSPS) is 16.9. The molecule has 0 aromatic heterocycles. The lowest BCUT2D eigenvalue weighted by molar-refractivity contribution is -0.121. The van der Waals surface area contributed by atoms with E-state index in [0.717, 1.165) is 24.9 Å². The topological polar surface area (TPSA) is 61.4 Å². The number of nitrogens with one attached hydrogen (secondary N) is 2. The van der Waals surface area contributed by atoms with Crippen LogP contribution in [0.5, 0.6) is 0 Å². The highest BCUT2D eigenvalue weighted by atomic mass is 35.5. The molecule has 3 rings (SSSR count). The number of hydrogen-bond donors (Lipinski definition) is 2. The molecule has 31 heavy (non-hydrogen) atoms. The van der Waals surface area contributed by atoms with Crippen LogP contribution >= 0.6 is 23.2 Å². The van der Waals surface area contributed by atoms with Crippen molar-refractivity contribution in [3.63, 3.8) is 0 Å². The van der Waals surface area contributed by atoms with Gasteiger partial charge in [0.25, 0.3) is 5.91 Å². The number of likely N-dealkylation sites (tertiary alicyclic amines) is 1. The molecule has 1 heterocycles. The van der Waals surface area contributed by atoms with Crippen molar-refractivity contribution in [1.29, 1.82) is 0 Å². The van der Waals surface area contributed by atoms with E-state index < -0.39 is 0 Å². The summed E-state index contributed by atoms with van der Waals surface area (Å²) in [6.07, 6.45) is 1.72. The second-order valence-corrected chi connectivity index (χ2v) is 9.23. The second kappa shape index (κ2) is 11.0. The summed E-state index contributed by atoms with van der Waals surface area (Å²) in [7, 11) is 0. The Kier molecular flexibility index (Phi) is 8.35. The van der Waals surface area contributed by atoms with E-state index in [1.165, 1.54) is 0 Å². The van der Waals surface area contributed by atoms with Gasteiger partial charge in [0.15, 0.2) is 0 Å². The molecule has 0 spiro atoms. The zero-order chi connectivity index (χ0) is 22.4. The number of hydrogen-bond acceptors (Lipinski definition) is 3. The number of rotatable bonds is 7. The smallest absolute Gasteiger partial charge is 0.253 e. The molecule has 2 aromatic rings. The number of piperidine rings is 1. The van der Waals surface area contributed by atoms with Gasteiger partial charge in [0.1, 0.15) is 0 Å². The lowest BCUT2D eigenvalue weighted by atomic mass is 9.96. The fraction of sp³-hybridized carbons (Fsp3) is 0.417. The van der Waals surface area contributed by atoms with Gasteiger partial charge in [0, 0.05) is 35.2 Å². The maximum absolute atomic E-state index is 13.0. The summed E-state index contributed by atoms with van der Waals surface area (Å²) in [5.41, 5.74) is 1.91. The van der Waals surface area contributed by atoms with Gasteiger partial charge in [-0.05, 0) is 49.6 Å². The van der Waals surface area contributed by atoms with Crippen molar-refractivity contribution >= 4 is 40.7 Å². The summed E-state index contributed by atoms with van der Waals surface area (Å²) in [6, 6.07) is 12.6. The van der Waals surface area contributed by atoms with Crippen LogP contribution in [0.2, 0.25) is 10.0 Å². The fourth-order valence-electron chi connectivity index (χ4n) is 3.74. The largest absolute Gasteiger partial charge is 0.352 e. The Morgan fingerprint density at radius 1 is 1.10 bits per heavy atom. The van der Waals surface area contributed by atoms with E-state index in [9.17, 15) is 9.59 Å². The number of halogens is 2. The van der Waals surface area contributed by atoms with E-state index >= 15 is 0 Å². The van der Waals surface area contributed by atoms with Crippen LogP contribution in [-0.2, 0) is 11.3 Å². The molecule has 1 unspecified atom stereocenters. The van der Waals surface area contributed by atoms with Crippen LogP contribution in [0.1, 0.15) is 42.6 Å². The van der Waals surface area contributed by atoms with Crippen LogP contribution < -0.4 is 10.6 Å². The zero-order valence-electron chi connectivity index (χ0n) is 18.0. The molecule has 1 fully saturated rings. The minimum atomic E-state index is -0.178. The predicted octanol–water partition coefficient (Wildman–Crippen LogP) is 5.23. The van der Waals surface area contributed by atoms with Crippen molar-refractivity contribution < 1.29 is 9.59 Å². The molecule has 2 N–H and O–H groups in total. The molecule has 5 nitrogen and oxygen atoms in total. The molecule has 7 heteroatoms.